The predicted octanol–water partition coefficient (Wildman–Crippen LogP) is 2.68. The molecule has 0 aliphatic carbocycles. The maximum absolute atomic E-state index is 13.6. The molecule has 5 nitrogen and oxygen atoms in total. The van der Waals surface area contributed by atoms with Crippen molar-refractivity contribution >= 4 is 11.8 Å². The number of rotatable bonds is 4. The molecule has 0 fully saturated rings. The Morgan fingerprint density at radius 1 is 1.00 bits per heavy atom. The van der Waals surface area contributed by atoms with Crippen LogP contribution in [0.25, 0.3) is 0 Å². The number of aromatic nitrogens is 1. The fourth-order valence-corrected chi connectivity index (χ4v) is 2.00. The second-order valence-electron chi connectivity index (χ2n) is 6.39. The molecule has 1 heterocycles. The fraction of sp³-hybridized carbons (Fsp3) is 0.278. The highest BCUT2D eigenvalue weighted by Gasteiger charge is 2.17. The van der Waals surface area contributed by atoms with E-state index < -0.39 is 11.4 Å². The second kappa shape index (κ2) is 7.21. The molecule has 0 aliphatic rings. The van der Waals surface area contributed by atoms with Gasteiger partial charge in [-0.3, -0.25) is 9.59 Å². The Morgan fingerprint density at radius 3 is 2.25 bits per heavy atom. The van der Waals surface area contributed by atoms with Crippen LogP contribution in [0.1, 0.15) is 47.3 Å². The molecule has 0 atom stereocenters. The Bertz CT molecular complexity index is 754. The molecule has 1 aromatic heterocycles. The van der Waals surface area contributed by atoms with Gasteiger partial charge in [-0.2, -0.15) is 0 Å². The smallest absolute Gasteiger partial charge is 0.270 e. The zero-order valence-corrected chi connectivity index (χ0v) is 13.9. The van der Waals surface area contributed by atoms with Gasteiger partial charge in [0.2, 0.25) is 0 Å². The van der Waals surface area contributed by atoms with E-state index in [1.807, 2.05) is 20.8 Å². The van der Waals surface area contributed by atoms with Crippen molar-refractivity contribution in [2.45, 2.75) is 32.9 Å². The number of nitrogens with zero attached hydrogens (tertiary/aromatic N) is 1. The third kappa shape index (κ3) is 4.87. The van der Waals surface area contributed by atoms with Crippen molar-refractivity contribution in [3.63, 3.8) is 0 Å². The lowest BCUT2D eigenvalue weighted by atomic mass is 10.1. The van der Waals surface area contributed by atoms with Crippen molar-refractivity contribution in [2.75, 3.05) is 0 Å². The molecule has 24 heavy (non-hydrogen) atoms. The first kappa shape index (κ1) is 17.6. The summed E-state index contributed by atoms with van der Waals surface area (Å²) in [6.45, 7) is 5.62. The zero-order valence-electron chi connectivity index (χ0n) is 13.9. The van der Waals surface area contributed by atoms with Crippen LogP contribution in [0.3, 0.4) is 0 Å². The molecule has 0 aliphatic heterocycles. The maximum atomic E-state index is 13.6. The fourth-order valence-electron chi connectivity index (χ4n) is 2.00. The summed E-state index contributed by atoms with van der Waals surface area (Å²) in [5.74, 6) is -1.21. The van der Waals surface area contributed by atoms with E-state index in [1.54, 1.807) is 24.3 Å². The molecule has 6 heteroatoms. The van der Waals surface area contributed by atoms with Crippen LogP contribution < -0.4 is 10.6 Å². The first-order valence-corrected chi connectivity index (χ1v) is 7.57. The summed E-state index contributed by atoms with van der Waals surface area (Å²) in [7, 11) is 0. The Morgan fingerprint density at radius 2 is 1.62 bits per heavy atom. The lowest BCUT2D eigenvalue weighted by molar-refractivity contribution is 0.0914. The number of hydrogen-bond donors (Lipinski definition) is 2. The maximum Gasteiger partial charge on any atom is 0.270 e. The number of nitrogens with one attached hydrogen (secondary N) is 2. The van der Waals surface area contributed by atoms with Crippen molar-refractivity contribution in [2.24, 2.45) is 0 Å². The number of halogens is 1. The van der Waals surface area contributed by atoms with E-state index in [9.17, 15) is 14.0 Å². The molecular formula is C18H20FN3O2. The largest absolute Gasteiger partial charge is 0.347 e. The normalized spacial score (nSPS) is 11.0. The molecule has 2 amide bonds. The molecule has 0 saturated heterocycles. The number of benzene rings is 1. The Labute approximate surface area is 140 Å². The summed E-state index contributed by atoms with van der Waals surface area (Å²) < 4.78 is 13.6. The van der Waals surface area contributed by atoms with Gasteiger partial charge in [0.05, 0.1) is 0 Å². The molecule has 0 unspecified atom stereocenters. The van der Waals surface area contributed by atoms with E-state index in [0.29, 0.717) is 5.56 Å². The summed E-state index contributed by atoms with van der Waals surface area (Å²) in [4.78, 5) is 28.3. The van der Waals surface area contributed by atoms with E-state index >= 15 is 0 Å². The highest BCUT2D eigenvalue weighted by atomic mass is 19.1. The summed E-state index contributed by atoms with van der Waals surface area (Å²) in [6, 6.07) is 10.8. The van der Waals surface area contributed by atoms with Crippen LogP contribution in [0.15, 0.2) is 42.5 Å². The van der Waals surface area contributed by atoms with Gasteiger partial charge in [-0.25, -0.2) is 9.37 Å². The van der Waals surface area contributed by atoms with Gasteiger partial charge in [-0.1, -0.05) is 24.3 Å². The van der Waals surface area contributed by atoms with Crippen LogP contribution in [0.5, 0.6) is 0 Å². The average Bonchev–Trinajstić information content (AvgIpc) is 2.52. The van der Waals surface area contributed by atoms with E-state index in [-0.39, 0.29) is 29.7 Å². The first-order chi connectivity index (χ1) is 11.3. The van der Waals surface area contributed by atoms with E-state index in [1.165, 1.54) is 18.2 Å². The van der Waals surface area contributed by atoms with Crippen LogP contribution in [0.2, 0.25) is 0 Å². The molecule has 2 aromatic rings. The monoisotopic (exact) mass is 329 g/mol. The van der Waals surface area contributed by atoms with E-state index in [2.05, 4.69) is 15.6 Å². The Balaban J connectivity index is 2.06. The van der Waals surface area contributed by atoms with Crippen molar-refractivity contribution in [1.29, 1.82) is 0 Å². The molecule has 2 rings (SSSR count). The van der Waals surface area contributed by atoms with Gasteiger partial charge in [-0.05, 0) is 39.0 Å². The molecule has 2 N–H and O–H groups in total. The highest BCUT2D eigenvalue weighted by Crippen LogP contribution is 2.07. The SMILES string of the molecule is CC(C)(C)NC(=O)c1cccc(C(=O)NCc2ccccc2F)n1. The minimum atomic E-state index is -0.469. The van der Waals surface area contributed by atoms with E-state index in [0.717, 1.165) is 0 Å². The molecule has 0 bridgehead atoms. The number of carbonyl (C=O) groups is 2. The van der Waals surface area contributed by atoms with Crippen molar-refractivity contribution < 1.29 is 14.0 Å². The zero-order chi connectivity index (χ0) is 17.7. The molecule has 1 aromatic carbocycles. The van der Waals surface area contributed by atoms with Crippen LogP contribution >= 0.6 is 0 Å². The van der Waals surface area contributed by atoms with Crippen molar-refractivity contribution in [3.05, 3.63) is 65.2 Å². The number of pyridine rings is 1. The molecule has 0 spiro atoms. The summed E-state index contributed by atoms with van der Waals surface area (Å²) in [6.07, 6.45) is 0. The summed E-state index contributed by atoms with van der Waals surface area (Å²) in [5, 5.41) is 5.38. The van der Waals surface area contributed by atoms with Crippen LogP contribution in [-0.2, 0) is 6.54 Å². The van der Waals surface area contributed by atoms with Crippen LogP contribution in [0, 0.1) is 5.82 Å². The minimum absolute atomic E-state index is 0.0472. The molecule has 0 radical (unpaired) electrons. The third-order valence-electron chi connectivity index (χ3n) is 3.10. The third-order valence-corrected chi connectivity index (χ3v) is 3.10. The van der Waals surface area contributed by atoms with Gasteiger partial charge in [0.25, 0.3) is 11.8 Å². The Hall–Kier alpha value is -2.76. The Kier molecular flexibility index (Phi) is 5.28. The van der Waals surface area contributed by atoms with Gasteiger partial charge in [-0.15, -0.1) is 0 Å². The quantitative estimate of drug-likeness (QED) is 0.906. The number of hydrogen-bond acceptors (Lipinski definition) is 3. The van der Waals surface area contributed by atoms with Gasteiger partial charge >= 0.3 is 0 Å². The standard InChI is InChI=1S/C18H20FN3O2/c1-18(2,3)22-17(24)15-10-6-9-14(21-15)16(23)20-11-12-7-4-5-8-13(12)19/h4-10H,11H2,1-3H3,(H,20,23)(H,22,24). The minimum Gasteiger partial charge on any atom is -0.347 e. The van der Waals surface area contributed by atoms with Gasteiger partial charge < -0.3 is 10.6 Å². The lowest BCUT2D eigenvalue weighted by Crippen LogP contribution is -2.41. The van der Waals surface area contributed by atoms with Gasteiger partial charge in [0.15, 0.2) is 0 Å². The molecule has 126 valence electrons. The topological polar surface area (TPSA) is 71.1 Å². The van der Waals surface area contributed by atoms with E-state index in [4.69, 9.17) is 0 Å². The first-order valence-electron chi connectivity index (χ1n) is 7.57. The highest BCUT2D eigenvalue weighted by molar-refractivity contribution is 5.96. The van der Waals surface area contributed by atoms with Crippen LogP contribution in [-0.4, -0.2) is 22.3 Å². The lowest BCUT2D eigenvalue weighted by Gasteiger charge is -2.20. The average molecular weight is 329 g/mol. The van der Waals surface area contributed by atoms with Gasteiger partial charge in [0.1, 0.15) is 17.2 Å². The summed E-state index contributed by atoms with van der Waals surface area (Å²) in [5.41, 5.74) is 0.242. The number of carbonyl (C=O) groups excluding carboxylic acids is 2. The van der Waals surface area contributed by atoms with Gasteiger partial charge in [0, 0.05) is 17.6 Å². The second-order valence-corrected chi connectivity index (χ2v) is 6.39. The predicted molar refractivity (Wildman–Crippen MR) is 89.0 cm³/mol. The summed E-state index contributed by atoms with van der Waals surface area (Å²) >= 11 is 0. The number of amides is 2. The molecular weight excluding hydrogens is 309 g/mol. The van der Waals surface area contributed by atoms with Crippen molar-refractivity contribution in [1.82, 2.24) is 15.6 Å². The molecule has 0 saturated carbocycles. The van der Waals surface area contributed by atoms with Crippen LogP contribution in [0.4, 0.5) is 4.39 Å². The van der Waals surface area contributed by atoms with Crippen molar-refractivity contribution in [3.8, 4) is 0 Å².